The molecule has 3 aromatic heterocycles. The van der Waals surface area contributed by atoms with E-state index in [-0.39, 0.29) is 23.4 Å². The number of pyridine rings is 1. The number of nitrogens with one attached hydrogen (secondary N) is 1. The fourth-order valence-electron chi connectivity index (χ4n) is 2.01. The Morgan fingerprint density at radius 3 is 2.67 bits per heavy atom. The molecule has 124 valence electrons. The van der Waals surface area contributed by atoms with E-state index in [1.807, 2.05) is 19.9 Å². The van der Waals surface area contributed by atoms with Crippen LogP contribution < -0.4 is 5.32 Å². The maximum Gasteiger partial charge on any atom is 0.274 e. The standard InChI is InChI=1S/C16H17N5O3/c1-9(2)13-8-12(20-23-13)15(22)18-10(3)16-19-14(21-24-16)11-6-4-5-7-17-11/h4-10H,1-3H3,(H,18,22)/t10-/m0/s1. The third kappa shape index (κ3) is 3.32. The summed E-state index contributed by atoms with van der Waals surface area (Å²) in [4.78, 5) is 20.6. The van der Waals surface area contributed by atoms with Crippen LogP contribution in [0.3, 0.4) is 0 Å². The number of nitrogens with zero attached hydrogens (tertiary/aromatic N) is 4. The first-order valence-electron chi connectivity index (χ1n) is 7.57. The number of carbonyl (C=O) groups excluding carboxylic acids is 1. The summed E-state index contributed by atoms with van der Waals surface area (Å²) in [6.45, 7) is 5.67. The summed E-state index contributed by atoms with van der Waals surface area (Å²) in [7, 11) is 0. The molecule has 0 unspecified atom stereocenters. The van der Waals surface area contributed by atoms with Crippen molar-refractivity contribution >= 4 is 5.91 Å². The van der Waals surface area contributed by atoms with Crippen LogP contribution >= 0.6 is 0 Å². The average Bonchev–Trinajstić information content (AvgIpc) is 3.25. The van der Waals surface area contributed by atoms with Crippen LogP contribution in [0.15, 0.2) is 39.5 Å². The second-order valence-electron chi connectivity index (χ2n) is 5.64. The van der Waals surface area contributed by atoms with Gasteiger partial charge in [0, 0.05) is 18.2 Å². The molecule has 0 fully saturated rings. The number of rotatable bonds is 5. The Balaban J connectivity index is 1.69. The molecule has 0 radical (unpaired) electrons. The predicted molar refractivity (Wildman–Crippen MR) is 84.0 cm³/mol. The van der Waals surface area contributed by atoms with Crippen molar-refractivity contribution in [3.8, 4) is 11.5 Å². The van der Waals surface area contributed by atoms with Crippen LogP contribution in [0, 0.1) is 0 Å². The molecule has 8 heteroatoms. The quantitative estimate of drug-likeness (QED) is 0.767. The fraction of sp³-hybridized carbons (Fsp3) is 0.312. The van der Waals surface area contributed by atoms with Gasteiger partial charge in [-0.1, -0.05) is 30.2 Å². The van der Waals surface area contributed by atoms with Crippen molar-refractivity contribution in [3.63, 3.8) is 0 Å². The van der Waals surface area contributed by atoms with E-state index >= 15 is 0 Å². The summed E-state index contributed by atoms with van der Waals surface area (Å²) in [6.07, 6.45) is 1.65. The normalized spacial score (nSPS) is 12.3. The molecule has 1 atom stereocenters. The van der Waals surface area contributed by atoms with Crippen LogP contribution in [0.25, 0.3) is 11.5 Å². The van der Waals surface area contributed by atoms with Crippen LogP contribution in [0.4, 0.5) is 0 Å². The van der Waals surface area contributed by atoms with Crippen molar-refractivity contribution in [2.75, 3.05) is 0 Å². The van der Waals surface area contributed by atoms with Gasteiger partial charge < -0.3 is 14.4 Å². The van der Waals surface area contributed by atoms with Crippen molar-refractivity contribution in [2.45, 2.75) is 32.7 Å². The minimum Gasteiger partial charge on any atom is -0.360 e. The third-order valence-corrected chi connectivity index (χ3v) is 3.38. The number of aromatic nitrogens is 4. The Bertz CT molecular complexity index is 825. The van der Waals surface area contributed by atoms with E-state index in [1.54, 1.807) is 31.3 Å². The highest BCUT2D eigenvalue weighted by Crippen LogP contribution is 2.18. The molecule has 0 aliphatic rings. The molecule has 0 bridgehead atoms. The lowest BCUT2D eigenvalue weighted by molar-refractivity contribution is 0.0923. The second kappa shape index (κ2) is 6.61. The number of carbonyl (C=O) groups is 1. The van der Waals surface area contributed by atoms with Gasteiger partial charge >= 0.3 is 0 Å². The zero-order valence-corrected chi connectivity index (χ0v) is 13.6. The lowest BCUT2D eigenvalue weighted by Crippen LogP contribution is -2.27. The minimum absolute atomic E-state index is 0.161. The first kappa shape index (κ1) is 15.9. The summed E-state index contributed by atoms with van der Waals surface area (Å²) in [5.74, 6) is 1.11. The van der Waals surface area contributed by atoms with E-state index in [2.05, 4.69) is 25.6 Å². The predicted octanol–water partition coefficient (Wildman–Crippen LogP) is 2.73. The molecule has 3 aromatic rings. The fourth-order valence-corrected chi connectivity index (χ4v) is 2.01. The topological polar surface area (TPSA) is 107 Å². The number of hydrogen-bond donors (Lipinski definition) is 1. The van der Waals surface area contributed by atoms with Gasteiger partial charge in [0.15, 0.2) is 5.69 Å². The van der Waals surface area contributed by atoms with Gasteiger partial charge in [-0.25, -0.2) is 0 Å². The molecule has 0 saturated carbocycles. The number of hydrogen-bond acceptors (Lipinski definition) is 7. The van der Waals surface area contributed by atoms with Crippen molar-refractivity contribution in [1.82, 2.24) is 25.6 Å². The van der Waals surface area contributed by atoms with Gasteiger partial charge in [0.05, 0.1) is 0 Å². The molecule has 0 spiro atoms. The van der Waals surface area contributed by atoms with Crippen molar-refractivity contribution in [1.29, 1.82) is 0 Å². The minimum atomic E-state index is -0.471. The van der Waals surface area contributed by atoms with Gasteiger partial charge in [0.2, 0.25) is 11.7 Å². The van der Waals surface area contributed by atoms with Gasteiger partial charge in [-0.15, -0.1) is 0 Å². The van der Waals surface area contributed by atoms with Crippen LogP contribution in [0.5, 0.6) is 0 Å². The third-order valence-electron chi connectivity index (χ3n) is 3.38. The van der Waals surface area contributed by atoms with Crippen LogP contribution in [-0.2, 0) is 0 Å². The molecule has 24 heavy (non-hydrogen) atoms. The highest BCUT2D eigenvalue weighted by Gasteiger charge is 2.21. The zero-order valence-electron chi connectivity index (χ0n) is 13.6. The summed E-state index contributed by atoms with van der Waals surface area (Å²) < 4.78 is 10.3. The molecule has 0 aromatic carbocycles. The van der Waals surface area contributed by atoms with Gasteiger partial charge in [0.1, 0.15) is 17.5 Å². The summed E-state index contributed by atoms with van der Waals surface area (Å²) >= 11 is 0. The first-order valence-corrected chi connectivity index (χ1v) is 7.57. The molecule has 8 nitrogen and oxygen atoms in total. The summed E-state index contributed by atoms with van der Waals surface area (Å²) in [5, 5.41) is 10.4. The van der Waals surface area contributed by atoms with E-state index in [1.165, 1.54) is 0 Å². The summed E-state index contributed by atoms with van der Waals surface area (Å²) in [6, 6.07) is 6.57. The Morgan fingerprint density at radius 2 is 2.00 bits per heavy atom. The van der Waals surface area contributed by atoms with Crippen molar-refractivity contribution in [2.24, 2.45) is 0 Å². The van der Waals surface area contributed by atoms with Crippen LogP contribution in [-0.4, -0.2) is 26.2 Å². The highest BCUT2D eigenvalue weighted by molar-refractivity contribution is 5.92. The van der Waals surface area contributed by atoms with Gasteiger partial charge in [-0.2, -0.15) is 4.98 Å². The molecule has 3 heterocycles. The Hall–Kier alpha value is -3.03. The van der Waals surface area contributed by atoms with Crippen molar-refractivity contribution < 1.29 is 13.8 Å². The van der Waals surface area contributed by atoms with E-state index in [0.717, 1.165) is 0 Å². The molecular formula is C16H17N5O3. The number of amides is 1. The van der Waals surface area contributed by atoms with E-state index in [0.29, 0.717) is 17.3 Å². The van der Waals surface area contributed by atoms with Gasteiger partial charge in [0.25, 0.3) is 5.91 Å². The lowest BCUT2D eigenvalue weighted by atomic mass is 10.1. The van der Waals surface area contributed by atoms with E-state index < -0.39 is 6.04 Å². The Morgan fingerprint density at radius 1 is 1.17 bits per heavy atom. The largest absolute Gasteiger partial charge is 0.360 e. The maximum atomic E-state index is 12.2. The van der Waals surface area contributed by atoms with Gasteiger partial charge in [-0.05, 0) is 19.1 Å². The second-order valence-corrected chi connectivity index (χ2v) is 5.64. The molecule has 1 N–H and O–H groups in total. The molecule has 0 aliphatic carbocycles. The van der Waals surface area contributed by atoms with Crippen LogP contribution in [0.1, 0.15) is 54.9 Å². The monoisotopic (exact) mass is 327 g/mol. The maximum absolute atomic E-state index is 12.2. The van der Waals surface area contributed by atoms with Crippen LogP contribution in [0.2, 0.25) is 0 Å². The summed E-state index contributed by atoms with van der Waals surface area (Å²) in [5.41, 5.74) is 0.819. The van der Waals surface area contributed by atoms with Crippen molar-refractivity contribution in [3.05, 3.63) is 47.8 Å². The van der Waals surface area contributed by atoms with E-state index in [9.17, 15) is 4.79 Å². The molecule has 0 aliphatic heterocycles. The SMILES string of the molecule is CC(C)c1cc(C(=O)N[C@@H](C)c2nc(-c3ccccn3)no2)no1. The zero-order chi connectivity index (χ0) is 17.1. The Labute approximate surface area is 138 Å². The molecule has 3 rings (SSSR count). The first-order chi connectivity index (χ1) is 11.5. The molecule has 1 amide bonds. The highest BCUT2D eigenvalue weighted by atomic mass is 16.5. The van der Waals surface area contributed by atoms with Gasteiger partial charge in [-0.3, -0.25) is 9.78 Å². The average molecular weight is 327 g/mol. The lowest BCUT2D eigenvalue weighted by Gasteiger charge is -2.07. The molecule has 0 saturated heterocycles. The van der Waals surface area contributed by atoms with E-state index in [4.69, 9.17) is 9.05 Å². The Kier molecular flexibility index (Phi) is 4.37. The smallest absolute Gasteiger partial charge is 0.274 e. The molecular weight excluding hydrogens is 310 g/mol.